The van der Waals surface area contributed by atoms with Crippen LogP contribution in [0.3, 0.4) is 0 Å². The first-order chi connectivity index (χ1) is 11.4. The molecule has 1 fully saturated rings. The van der Waals surface area contributed by atoms with E-state index in [-0.39, 0.29) is 0 Å². The van der Waals surface area contributed by atoms with Gasteiger partial charge in [-0.05, 0) is 31.2 Å². The van der Waals surface area contributed by atoms with Crippen molar-refractivity contribution in [2.45, 2.75) is 57.5 Å². The Labute approximate surface area is 142 Å². The van der Waals surface area contributed by atoms with E-state index in [0.717, 1.165) is 5.56 Å². The lowest BCUT2D eigenvalue weighted by Gasteiger charge is -2.57. The summed E-state index contributed by atoms with van der Waals surface area (Å²) in [4.78, 5) is 23.8. The molecule has 5 nitrogen and oxygen atoms in total. The van der Waals surface area contributed by atoms with E-state index < -0.39 is 34.8 Å². The van der Waals surface area contributed by atoms with E-state index in [9.17, 15) is 24.9 Å². The van der Waals surface area contributed by atoms with Crippen LogP contribution < -0.4 is 0 Å². The highest BCUT2D eigenvalue weighted by Gasteiger charge is 2.63. The molecule has 3 unspecified atom stereocenters. The van der Waals surface area contributed by atoms with Gasteiger partial charge in [-0.2, -0.15) is 0 Å². The minimum absolute atomic E-state index is 0.385. The van der Waals surface area contributed by atoms with Gasteiger partial charge in [-0.1, -0.05) is 50.6 Å². The molecule has 0 saturated heterocycles. The van der Waals surface area contributed by atoms with Gasteiger partial charge in [-0.25, -0.2) is 0 Å². The van der Waals surface area contributed by atoms with Crippen LogP contribution in [0.2, 0.25) is 0 Å². The van der Waals surface area contributed by atoms with Gasteiger partial charge < -0.3 is 15.3 Å². The monoisotopic (exact) mass is 334 g/mol. The van der Waals surface area contributed by atoms with E-state index in [4.69, 9.17) is 0 Å². The Hall–Kier alpha value is -1.88. The summed E-state index contributed by atoms with van der Waals surface area (Å²) in [5.74, 6) is -4.20. The second-order valence-electron chi connectivity index (χ2n) is 6.72. The second kappa shape index (κ2) is 6.93. The number of aliphatic hydroxyl groups is 1. The average Bonchev–Trinajstić information content (AvgIpc) is 2.55. The summed E-state index contributed by atoms with van der Waals surface area (Å²) < 4.78 is 0. The first-order valence-electron chi connectivity index (χ1n) is 8.56. The summed E-state index contributed by atoms with van der Waals surface area (Å²) in [6.45, 7) is 3.75. The van der Waals surface area contributed by atoms with Crippen LogP contribution in [0.5, 0.6) is 0 Å². The normalized spacial score (nSPS) is 30.2. The number of carboxylic acids is 2. The van der Waals surface area contributed by atoms with Gasteiger partial charge >= 0.3 is 11.9 Å². The SMILES string of the molecule is CCC1(C(C(=O)O)C(=O)O)CCCC(O)C1(CC)c1ccccc1. The fourth-order valence-electron chi connectivity index (χ4n) is 5.10. The minimum atomic E-state index is -1.54. The number of hydrogen-bond acceptors (Lipinski definition) is 3. The van der Waals surface area contributed by atoms with E-state index in [2.05, 4.69) is 0 Å². The standard InChI is InChI=1S/C19H26O5/c1-3-18(15(16(21)22)17(23)24)12-8-11-14(20)19(18,4-2)13-9-6-5-7-10-13/h5-7,9-10,14-15,20H,3-4,8,11-12H2,1-2H3,(H,21,22)(H,23,24). The molecule has 1 aromatic rings. The molecule has 0 radical (unpaired) electrons. The molecule has 0 heterocycles. The average molecular weight is 334 g/mol. The van der Waals surface area contributed by atoms with E-state index >= 15 is 0 Å². The van der Waals surface area contributed by atoms with Gasteiger partial charge in [0.15, 0.2) is 5.92 Å². The van der Waals surface area contributed by atoms with Crippen LogP contribution in [-0.2, 0) is 15.0 Å². The number of carboxylic acid groups (broad SMARTS) is 2. The third-order valence-electron chi connectivity index (χ3n) is 6.08. The molecule has 5 heteroatoms. The van der Waals surface area contributed by atoms with Crippen molar-refractivity contribution < 1.29 is 24.9 Å². The number of hydrogen-bond donors (Lipinski definition) is 3. The maximum atomic E-state index is 11.9. The maximum absolute atomic E-state index is 11.9. The fourth-order valence-corrected chi connectivity index (χ4v) is 5.10. The molecule has 1 aromatic carbocycles. The lowest BCUT2D eigenvalue weighted by atomic mass is 9.46. The molecule has 0 aliphatic heterocycles. The molecule has 0 amide bonds. The van der Waals surface area contributed by atoms with Crippen LogP contribution in [0.1, 0.15) is 51.5 Å². The van der Waals surface area contributed by atoms with Gasteiger partial charge in [0.1, 0.15) is 0 Å². The molecule has 2 rings (SSSR count). The predicted octanol–water partition coefficient (Wildman–Crippen LogP) is 3.06. The minimum Gasteiger partial charge on any atom is -0.481 e. The summed E-state index contributed by atoms with van der Waals surface area (Å²) in [7, 11) is 0. The van der Waals surface area contributed by atoms with E-state index in [0.29, 0.717) is 32.1 Å². The number of carbonyl (C=O) groups is 2. The van der Waals surface area contributed by atoms with Gasteiger partial charge in [0.05, 0.1) is 6.10 Å². The van der Waals surface area contributed by atoms with Crippen molar-refractivity contribution in [1.82, 2.24) is 0 Å². The Kier molecular flexibility index (Phi) is 5.33. The Balaban J connectivity index is 2.78. The summed E-state index contributed by atoms with van der Waals surface area (Å²) >= 11 is 0. The number of benzene rings is 1. The van der Waals surface area contributed by atoms with Crippen LogP contribution in [-0.4, -0.2) is 33.4 Å². The molecule has 0 bridgehead atoms. The van der Waals surface area contributed by atoms with Crippen molar-refractivity contribution in [2.24, 2.45) is 11.3 Å². The number of aliphatic hydroxyl groups excluding tert-OH is 1. The molecular weight excluding hydrogens is 308 g/mol. The highest BCUT2D eigenvalue weighted by molar-refractivity contribution is 5.94. The quantitative estimate of drug-likeness (QED) is 0.695. The third kappa shape index (κ3) is 2.51. The summed E-state index contributed by atoms with van der Waals surface area (Å²) in [5, 5.41) is 30.3. The topological polar surface area (TPSA) is 94.8 Å². The zero-order chi connectivity index (χ0) is 18.0. The van der Waals surface area contributed by atoms with Crippen LogP contribution in [0.4, 0.5) is 0 Å². The Morgan fingerprint density at radius 1 is 1.12 bits per heavy atom. The molecule has 3 N–H and O–H groups in total. The second-order valence-corrected chi connectivity index (χ2v) is 6.72. The van der Waals surface area contributed by atoms with Crippen LogP contribution in [0.25, 0.3) is 0 Å². The highest BCUT2D eigenvalue weighted by atomic mass is 16.4. The Morgan fingerprint density at radius 2 is 1.71 bits per heavy atom. The van der Waals surface area contributed by atoms with Crippen molar-refractivity contribution in [3.05, 3.63) is 35.9 Å². The van der Waals surface area contributed by atoms with E-state index in [1.54, 1.807) is 0 Å². The molecule has 0 spiro atoms. The van der Waals surface area contributed by atoms with Crippen molar-refractivity contribution >= 4 is 11.9 Å². The first kappa shape index (κ1) is 18.5. The lowest BCUT2D eigenvalue weighted by Crippen LogP contribution is -2.61. The molecule has 24 heavy (non-hydrogen) atoms. The predicted molar refractivity (Wildman–Crippen MR) is 89.8 cm³/mol. The zero-order valence-corrected chi connectivity index (χ0v) is 14.2. The summed E-state index contributed by atoms with van der Waals surface area (Å²) in [5.41, 5.74) is -1.09. The highest BCUT2D eigenvalue weighted by Crippen LogP contribution is 2.60. The molecule has 1 aliphatic rings. The number of aliphatic carboxylic acids is 2. The zero-order valence-electron chi connectivity index (χ0n) is 14.2. The van der Waals surface area contributed by atoms with Crippen molar-refractivity contribution in [2.75, 3.05) is 0 Å². The van der Waals surface area contributed by atoms with Gasteiger partial charge in [-0.15, -0.1) is 0 Å². The summed E-state index contributed by atoms with van der Waals surface area (Å²) in [6.07, 6.45) is 1.77. The Bertz CT molecular complexity index is 585. The Morgan fingerprint density at radius 3 is 2.17 bits per heavy atom. The maximum Gasteiger partial charge on any atom is 0.318 e. The van der Waals surface area contributed by atoms with E-state index in [1.807, 2.05) is 44.2 Å². The van der Waals surface area contributed by atoms with Crippen molar-refractivity contribution in [3.8, 4) is 0 Å². The van der Waals surface area contributed by atoms with Gasteiger partial charge in [0, 0.05) is 10.8 Å². The van der Waals surface area contributed by atoms with Crippen molar-refractivity contribution in [3.63, 3.8) is 0 Å². The van der Waals surface area contributed by atoms with Crippen molar-refractivity contribution in [1.29, 1.82) is 0 Å². The first-order valence-corrected chi connectivity index (χ1v) is 8.56. The summed E-state index contributed by atoms with van der Waals surface area (Å²) in [6, 6.07) is 9.32. The largest absolute Gasteiger partial charge is 0.481 e. The van der Waals surface area contributed by atoms with Crippen LogP contribution in [0, 0.1) is 11.3 Å². The molecule has 3 atom stereocenters. The van der Waals surface area contributed by atoms with Gasteiger partial charge in [0.2, 0.25) is 0 Å². The van der Waals surface area contributed by atoms with Gasteiger partial charge in [-0.3, -0.25) is 9.59 Å². The van der Waals surface area contributed by atoms with E-state index in [1.165, 1.54) is 0 Å². The molecule has 0 aromatic heterocycles. The molecule has 1 saturated carbocycles. The fraction of sp³-hybridized carbons (Fsp3) is 0.579. The third-order valence-corrected chi connectivity index (χ3v) is 6.08. The smallest absolute Gasteiger partial charge is 0.318 e. The lowest BCUT2D eigenvalue weighted by molar-refractivity contribution is -0.174. The number of rotatable bonds is 6. The molecule has 132 valence electrons. The van der Waals surface area contributed by atoms with Gasteiger partial charge in [0.25, 0.3) is 0 Å². The van der Waals surface area contributed by atoms with Crippen LogP contribution in [0.15, 0.2) is 30.3 Å². The molecular formula is C19H26O5. The van der Waals surface area contributed by atoms with Crippen LogP contribution >= 0.6 is 0 Å². The molecule has 1 aliphatic carbocycles.